The number of hydrogen-bond donors (Lipinski definition) is 1. The average Bonchev–Trinajstić information content (AvgIpc) is 2.95. The summed E-state index contributed by atoms with van der Waals surface area (Å²) in [4.78, 5) is 27.2. The van der Waals surface area contributed by atoms with Gasteiger partial charge in [-0.15, -0.1) is 0 Å². The molecule has 0 aliphatic rings. The zero-order valence-electron chi connectivity index (χ0n) is 24.0. The quantitative estimate of drug-likeness (QED) is 0.190. The lowest BCUT2D eigenvalue weighted by Crippen LogP contribution is -2.28. The molecule has 0 saturated heterocycles. The summed E-state index contributed by atoms with van der Waals surface area (Å²) >= 11 is 0. The Labute approximate surface area is 230 Å². The first-order valence-electron chi connectivity index (χ1n) is 14.5. The smallest absolute Gasteiger partial charge is 0.258 e. The van der Waals surface area contributed by atoms with E-state index in [9.17, 15) is 9.59 Å². The van der Waals surface area contributed by atoms with Crippen LogP contribution in [0.5, 0.6) is 11.5 Å². The minimum atomic E-state index is -0.187. The van der Waals surface area contributed by atoms with Crippen LogP contribution < -0.4 is 19.7 Å². The van der Waals surface area contributed by atoms with Gasteiger partial charge in [-0.05, 0) is 55.3 Å². The second-order valence-electron chi connectivity index (χ2n) is 9.92. The number of carbonyl (C=O) groups excluding carboxylic acids is 2. The molecule has 0 spiro atoms. The Bertz CT molecular complexity index is 958. The van der Waals surface area contributed by atoms with Crippen molar-refractivity contribution >= 4 is 17.5 Å². The first-order valence-corrected chi connectivity index (χ1v) is 14.5. The molecule has 6 heteroatoms. The van der Waals surface area contributed by atoms with Crippen molar-refractivity contribution in [2.24, 2.45) is 0 Å². The van der Waals surface area contributed by atoms with Crippen LogP contribution >= 0.6 is 0 Å². The fourth-order valence-electron chi connectivity index (χ4n) is 4.35. The Hall–Kier alpha value is -3.02. The molecule has 0 fully saturated rings. The number of benzene rings is 2. The van der Waals surface area contributed by atoms with Gasteiger partial charge in [0.05, 0.1) is 19.4 Å². The average molecular weight is 525 g/mol. The minimum absolute atomic E-state index is 0.160. The first-order chi connectivity index (χ1) is 18.5. The lowest BCUT2D eigenvalue weighted by molar-refractivity contribution is 0.0950. The third-order valence-electron chi connectivity index (χ3n) is 6.79. The van der Waals surface area contributed by atoms with E-state index in [0.29, 0.717) is 35.7 Å². The molecule has 0 unspecified atom stereocenters. The number of amides is 2. The van der Waals surface area contributed by atoms with Crippen molar-refractivity contribution in [2.75, 3.05) is 32.2 Å². The van der Waals surface area contributed by atoms with Crippen LogP contribution in [0.25, 0.3) is 0 Å². The maximum absolute atomic E-state index is 13.2. The van der Waals surface area contributed by atoms with Crippen molar-refractivity contribution in [3.05, 3.63) is 53.6 Å². The molecule has 38 heavy (non-hydrogen) atoms. The molecule has 0 radical (unpaired) electrons. The number of unbranched alkanes of at least 4 members (excludes halogenated alkanes) is 10. The van der Waals surface area contributed by atoms with Crippen LogP contribution in [-0.4, -0.2) is 39.1 Å². The number of ether oxygens (including phenoxy) is 2. The van der Waals surface area contributed by atoms with E-state index in [1.54, 1.807) is 44.5 Å². The molecular weight excluding hydrogens is 476 g/mol. The number of anilines is 1. The van der Waals surface area contributed by atoms with Gasteiger partial charge in [0.1, 0.15) is 11.5 Å². The molecule has 1 N–H and O–H groups in total. The van der Waals surface area contributed by atoms with E-state index >= 15 is 0 Å². The first kappa shape index (κ1) is 31.2. The fraction of sp³-hybridized carbons (Fsp3) is 0.562. The van der Waals surface area contributed by atoms with Crippen molar-refractivity contribution in [1.82, 2.24) is 5.32 Å². The number of hydrogen-bond acceptors (Lipinski definition) is 4. The number of nitrogens with one attached hydrogen (secondary N) is 1. The van der Waals surface area contributed by atoms with Crippen molar-refractivity contribution in [3.63, 3.8) is 0 Å². The van der Waals surface area contributed by atoms with Crippen LogP contribution in [-0.2, 0) is 0 Å². The van der Waals surface area contributed by atoms with Crippen LogP contribution in [0.3, 0.4) is 0 Å². The Morgan fingerprint density at radius 2 is 1.34 bits per heavy atom. The Kier molecular flexibility index (Phi) is 15.0. The largest absolute Gasteiger partial charge is 0.495 e. The van der Waals surface area contributed by atoms with Gasteiger partial charge in [-0.25, -0.2) is 0 Å². The maximum atomic E-state index is 13.2. The van der Waals surface area contributed by atoms with E-state index in [-0.39, 0.29) is 11.8 Å². The van der Waals surface area contributed by atoms with E-state index in [2.05, 4.69) is 19.2 Å². The summed E-state index contributed by atoms with van der Waals surface area (Å²) in [7, 11) is 3.24. The second-order valence-corrected chi connectivity index (χ2v) is 9.92. The highest BCUT2D eigenvalue weighted by molar-refractivity contribution is 6.07. The van der Waals surface area contributed by atoms with Crippen LogP contribution in [0, 0.1) is 0 Å². The minimum Gasteiger partial charge on any atom is -0.495 e. The second kappa shape index (κ2) is 18.3. The van der Waals surface area contributed by atoms with Crippen molar-refractivity contribution in [3.8, 4) is 11.5 Å². The van der Waals surface area contributed by atoms with E-state index in [1.807, 2.05) is 12.1 Å². The number of methoxy groups -OCH3 is 1. The molecule has 2 amide bonds. The predicted molar refractivity (Wildman–Crippen MR) is 157 cm³/mol. The van der Waals surface area contributed by atoms with Gasteiger partial charge in [-0.3, -0.25) is 9.59 Å². The molecule has 0 saturated carbocycles. The monoisotopic (exact) mass is 524 g/mol. The molecule has 6 nitrogen and oxygen atoms in total. The van der Waals surface area contributed by atoms with Gasteiger partial charge in [0.25, 0.3) is 11.8 Å². The molecule has 0 aromatic heterocycles. The molecule has 2 aromatic rings. The number of carbonyl (C=O) groups is 2. The van der Waals surface area contributed by atoms with Crippen LogP contribution in [0.4, 0.5) is 5.69 Å². The normalized spacial score (nSPS) is 10.7. The van der Waals surface area contributed by atoms with Gasteiger partial charge >= 0.3 is 0 Å². The number of rotatable bonds is 19. The topological polar surface area (TPSA) is 67.9 Å². The molecule has 0 bridgehead atoms. The summed E-state index contributed by atoms with van der Waals surface area (Å²) < 4.78 is 11.4. The maximum Gasteiger partial charge on any atom is 0.258 e. The molecule has 2 aromatic carbocycles. The summed E-state index contributed by atoms with van der Waals surface area (Å²) in [6.07, 6.45) is 14.9. The Morgan fingerprint density at radius 1 is 0.763 bits per heavy atom. The highest BCUT2D eigenvalue weighted by Crippen LogP contribution is 2.30. The van der Waals surface area contributed by atoms with Gasteiger partial charge < -0.3 is 19.7 Å². The van der Waals surface area contributed by atoms with Crippen molar-refractivity contribution in [1.29, 1.82) is 0 Å². The molecule has 0 atom stereocenters. The van der Waals surface area contributed by atoms with Gasteiger partial charge in [-0.1, -0.05) is 78.1 Å². The van der Waals surface area contributed by atoms with Gasteiger partial charge in [0.2, 0.25) is 0 Å². The van der Waals surface area contributed by atoms with Crippen molar-refractivity contribution in [2.45, 2.75) is 90.9 Å². The molecule has 0 heterocycles. The summed E-state index contributed by atoms with van der Waals surface area (Å²) in [5.74, 6) is 0.950. The predicted octanol–water partition coefficient (Wildman–Crippen LogP) is 7.80. The van der Waals surface area contributed by atoms with E-state index < -0.39 is 0 Å². The van der Waals surface area contributed by atoms with Gasteiger partial charge in [0, 0.05) is 24.7 Å². The standard InChI is InChI=1S/C32H48N2O4/c1-5-7-9-10-11-12-13-14-15-16-24-38-28-20-17-26(18-21-28)32(36)34(3)29-25-27(19-22-30(29)37-4)31(35)33-23-8-6-2/h17-22,25H,5-16,23-24H2,1-4H3,(H,33,35). The van der Waals surface area contributed by atoms with E-state index in [4.69, 9.17) is 9.47 Å². The molecular formula is C32H48N2O4. The zero-order chi connectivity index (χ0) is 27.6. The fourth-order valence-corrected chi connectivity index (χ4v) is 4.35. The van der Waals surface area contributed by atoms with E-state index in [0.717, 1.165) is 25.0 Å². The van der Waals surface area contributed by atoms with Crippen LogP contribution in [0.1, 0.15) is 112 Å². The summed E-state index contributed by atoms with van der Waals surface area (Å²) in [6.45, 7) is 5.65. The van der Waals surface area contributed by atoms with Crippen LogP contribution in [0.2, 0.25) is 0 Å². The Morgan fingerprint density at radius 3 is 1.95 bits per heavy atom. The Balaban J connectivity index is 1.83. The third kappa shape index (κ3) is 10.8. The van der Waals surface area contributed by atoms with Gasteiger partial charge in [0.15, 0.2) is 0 Å². The summed E-state index contributed by atoms with van der Waals surface area (Å²) in [6, 6.07) is 12.4. The zero-order valence-corrected chi connectivity index (χ0v) is 24.0. The molecule has 2 rings (SSSR count). The van der Waals surface area contributed by atoms with E-state index in [1.165, 1.54) is 62.7 Å². The highest BCUT2D eigenvalue weighted by atomic mass is 16.5. The molecule has 0 aliphatic heterocycles. The SMILES string of the molecule is CCCCCCCCCCCCOc1ccc(C(=O)N(C)c2cc(C(=O)NCCCC)ccc2OC)cc1. The van der Waals surface area contributed by atoms with Gasteiger partial charge in [-0.2, -0.15) is 0 Å². The molecule has 0 aliphatic carbocycles. The summed E-state index contributed by atoms with van der Waals surface area (Å²) in [5.41, 5.74) is 1.58. The highest BCUT2D eigenvalue weighted by Gasteiger charge is 2.19. The van der Waals surface area contributed by atoms with Crippen LogP contribution in [0.15, 0.2) is 42.5 Å². The summed E-state index contributed by atoms with van der Waals surface area (Å²) in [5, 5.41) is 2.92. The molecule has 210 valence electrons. The lowest BCUT2D eigenvalue weighted by atomic mass is 10.1. The third-order valence-corrected chi connectivity index (χ3v) is 6.79. The number of nitrogens with zero attached hydrogens (tertiary/aromatic N) is 1. The lowest BCUT2D eigenvalue weighted by Gasteiger charge is -2.21. The van der Waals surface area contributed by atoms with Crippen molar-refractivity contribution < 1.29 is 19.1 Å².